The highest BCUT2D eigenvalue weighted by molar-refractivity contribution is 9.10. The van der Waals surface area contributed by atoms with E-state index in [4.69, 9.17) is 27.7 Å². The molecule has 1 unspecified atom stereocenters. The summed E-state index contributed by atoms with van der Waals surface area (Å²) in [6.45, 7) is 1.66. The number of nitrogens with zero attached hydrogens (tertiary/aromatic N) is 1. The molecule has 0 saturated heterocycles. The molecule has 7 nitrogen and oxygen atoms in total. The largest absolute Gasteiger partial charge is 0.378 e. The number of hydrogen-bond donors (Lipinski definition) is 2. The van der Waals surface area contributed by atoms with Gasteiger partial charge in [0.1, 0.15) is 5.76 Å². The van der Waals surface area contributed by atoms with Gasteiger partial charge in [-0.3, -0.25) is 9.52 Å². The zero-order valence-electron chi connectivity index (χ0n) is 18.8. The molecule has 0 aliphatic rings. The molecule has 0 saturated carbocycles. The quantitative estimate of drug-likeness (QED) is 0.194. The molecule has 0 fully saturated rings. The fourth-order valence-corrected chi connectivity index (χ4v) is 5.29. The third kappa shape index (κ3) is 6.47. The van der Waals surface area contributed by atoms with E-state index in [1.54, 1.807) is 61.5 Å². The lowest BCUT2D eigenvalue weighted by Crippen LogP contribution is -2.17. The van der Waals surface area contributed by atoms with Crippen LogP contribution in [0.2, 0.25) is 10.0 Å². The summed E-state index contributed by atoms with van der Waals surface area (Å²) in [5.74, 6) is 0.493. The van der Waals surface area contributed by atoms with Gasteiger partial charge in [-0.05, 0) is 61.0 Å². The van der Waals surface area contributed by atoms with Gasteiger partial charge in [0, 0.05) is 38.3 Å². The van der Waals surface area contributed by atoms with E-state index >= 15 is 0 Å². The van der Waals surface area contributed by atoms with Gasteiger partial charge in [0.15, 0.2) is 11.6 Å². The summed E-state index contributed by atoms with van der Waals surface area (Å²) in [6, 6.07) is 19.3. The van der Waals surface area contributed by atoms with E-state index < -0.39 is 16.1 Å². The number of nitrogens with one attached hydrogen (secondary N) is 2. The molecule has 1 heterocycles. The van der Waals surface area contributed by atoms with Crippen LogP contribution in [0.5, 0.6) is 0 Å². The number of carbonyl (C=O) groups is 1. The molecule has 0 spiro atoms. The maximum absolute atomic E-state index is 13.0. The molecule has 36 heavy (non-hydrogen) atoms. The van der Waals surface area contributed by atoms with E-state index in [1.807, 2.05) is 0 Å². The van der Waals surface area contributed by atoms with Gasteiger partial charge in [-0.1, -0.05) is 62.5 Å². The number of aromatic nitrogens is 1. The highest BCUT2D eigenvalue weighted by atomic mass is 79.9. The van der Waals surface area contributed by atoms with Crippen molar-refractivity contribution in [1.82, 2.24) is 5.16 Å². The zero-order valence-corrected chi connectivity index (χ0v) is 22.7. The second kappa shape index (κ2) is 11.0. The molecule has 4 rings (SSSR count). The van der Waals surface area contributed by atoms with Gasteiger partial charge < -0.3 is 9.84 Å². The Bertz CT molecular complexity index is 1490. The Morgan fingerprint density at radius 3 is 2.33 bits per heavy atom. The Labute approximate surface area is 227 Å². The first-order valence-electron chi connectivity index (χ1n) is 10.7. The minimum atomic E-state index is -3.86. The number of Topliss-reactive ketones (excluding diaryl/α,β-unsaturated/α-hetero) is 1. The maximum Gasteiger partial charge on any atom is 0.263 e. The Morgan fingerprint density at radius 2 is 1.72 bits per heavy atom. The van der Waals surface area contributed by atoms with Gasteiger partial charge >= 0.3 is 0 Å². The second-order valence-electron chi connectivity index (χ2n) is 7.95. The molecule has 186 valence electrons. The van der Waals surface area contributed by atoms with Gasteiger partial charge in [-0.25, -0.2) is 8.42 Å². The molecule has 1 atom stereocenters. The lowest BCUT2D eigenvalue weighted by molar-refractivity contribution is 0.0976. The van der Waals surface area contributed by atoms with E-state index in [0.29, 0.717) is 32.6 Å². The summed E-state index contributed by atoms with van der Waals surface area (Å²) in [6.07, 6.45) is 0.107. The molecule has 0 amide bonds. The minimum Gasteiger partial charge on any atom is -0.378 e. The topological polar surface area (TPSA) is 101 Å². The number of anilines is 2. The van der Waals surface area contributed by atoms with Crippen LogP contribution in [0.4, 0.5) is 11.5 Å². The van der Waals surface area contributed by atoms with E-state index in [2.05, 4.69) is 31.1 Å². The monoisotopic (exact) mass is 607 g/mol. The van der Waals surface area contributed by atoms with Crippen LogP contribution in [0.1, 0.15) is 34.1 Å². The van der Waals surface area contributed by atoms with E-state index in [0.717, 1.165) is 4.47 Å². The number of benzene rings is 3. The number of halogens is 3. The van der Waals surface area contributed by atoms with Crippen LogP contribution in [0.15, 0.2) is 86.7 Å². The molecule has 3 aromatic carbocycles. The second-order valence-corrected chi connectivity index (χ2v) is 11.4. The number of carbonyl (C=O) groups excluding carboxylic acids is 1. The SMILES string of the molecule is Cc1cc(NS(=O)(=O)c2ccc(NC(CC(=O)c3ccc(Br)cc3)c3ccc(Cl)cc3Cl)cc2)no1. The van der Waals surface area contributed by atoms with Crippen molar-refractivity contribution in [3.63, 3.8) is 0 Å². The first kappa shape index (κ1) is 26.2. The molecule has 0 radical (unpaired) electrons. The van der Waals surface area contributed by atoms with Crippen molar-refractivity contribution in [3.8, 4) is 0 Å². The number of hydrogen-bond acceptors (Lipinski definition) is 6. The molecule has 4 aromatic rings. The van der Waals surface area contributed by atoms with Crippen LogP contribution in [-0.4, -0.2) is 19.4 Å². The van der Waals surface area contributed by atoms with Crippen molar-refractivity contribution in [2.45, 2.75) is 24.3 Å². The number of sulfonamides is 1. The summed E-state index contributed by atoms with van der Waals surface area (Å²) in [4.78, 5) is 13.1. The van der Waals surface area contributed by atoms with Gasteiger partial charge in [0.05, 0.1) is 10.9 Å². The summed E-state index contributed by atoms with van der Waals surface area (Å²) in [7, 11) is -3.86. The van der Waals surface area contributed by atoms with Crippen molar-refractivity contribution < 1.29 is 17.7 Å². The molecule has 11 heteroatoms. The van der Waals surface area contributed by atoms with Crippen molar-refractivity contribution in [2.24, 2.45) is 0 Å². The van der Waals surface area contributed by atoms with Gasteiger partial charge in [-0.2, -0.15) is 0 Å². The molecular formula is C25H20BrCl2N3O4S. The van der Waals surface area contributed by atoms with E-state index in [-0.39, 0.29) is 22.9 Å². The Hall–Kier alpha value is -2.85. The predicted molar refractivity (Wildman–Crippen MR) is 144 cm³/mol. The van der Waals surface area contributed by atoms with Gasteiger partial charge in [0.2, 0.25) is 0 Å². The summed E-state index contributed by atoms with van der Waals surface area (Å²) >= 11 is 15.9. The normalized spacial score (nSPS) is 12.2. The first-order chi connectivity index (χ1) is 17.1. The molecular weight excluding hydrogens is 589 g/mol. The highest BCUT2D eigenvalue weighted by Crippen LogP contribution is 2.32. The lowest BCUT2D eigenvalue weighted by Gasteiger charge is -2.21. The predicted octanol–water partition coefficient (Wildman–Crippen LogP) is 7.28. The lowest BCUT2D eigenvalue weighted by atomic mass is 9.97. The smallest absolute Gasteiger partial charge is 0.263 e. The van der Waals surface area contributed by atoms with Gasteiger partial charge in [-0.15, -0.1) is 0 Å². The Morgan fingerprint density at radius 1 is 1.03 bits per heavy atom. The molecule has 0 aliphatic heterocycles. The third-order valence-electron chi connectivity index (χ3n) is 5.27. The molecule has 2 N–H and O–H groups in total. The minimum absolute atomic E-state index is 0.0423. The standard InChI is InChI=1S/C25H20BrCl2N3O4S/c1-15-12-25(30-35-15)31-36(33,34)20-9-7-19(8-10-20)29-23(21-11-6-18(27)13-22(21)28)14-24(32)16-2-4-17(26)5-3-16/h2-13,23,29H,14H2,1H3,(H,30,31). The Kier molecular flexibility index (Phi) is 8.04. The van der Waals surface area contributed by atoms with E-state index in [9.17, 15) is 13.2 Å². The Balaban J connectivity index is 1.57. The van der Waals surface area contributed by atoms with Crippen molar-refractivity contribution >= 4 is 66.4 Å². The summed E-state index contributed by atoms with van der Waals surface area (Å²) in [5, 5.41) is 7.84. The number of aryl methyl sites for hydroxylation is 1. The van der Waals surface area contributed by atoms with E-state index in [1.165, 1.54) is 18.2 Å². The third-order valence-corrected chi connectivity index (χ3v) is 7.73. The highest BCUT2D eigenvalue weighted by Gasteiger charge is 2.21. The first-order valence-corrected chi connectivity index (χ1v) is 13.7. The summed E-state index contributed by atoms with van der Waals surface area (Å²) < 4.78 is 33.5. The molecule has 1 aromatic heterocycles. The summed E-state index contributed by atoms with van der Waals surface area (Å²) in [5.41, 5.74) is 1.85. The molecule has 0 bridgehead atoms. The van der Waals surface area contributed by atoms with Crippen molar-refractivity contribution in [1.29, 1.82) is 0 Å². The average molecular weight is 609 g/mol. The van der Waals surface area contributed by atoms with Crippen LogP contribution >= 0.6 is 39.1 Å². The molecule has 0 aliphatic carbocycles. The van der Waals surface area contributed by atoms with Crippen LogP contribution < -0.4 is 10.0 Å². The zero-order chi connectivity index (χ0) is 25.9. The van der Waals surface area contributed by atoms with Crippen LogP contribution in [0.3, 0.4) is 0 Å². The number of ketones is 1. The number of rotatable bonds is 9. The van der Waals surface area contributed by atoms with Crippen molar-refractivity contribution in [3.05, 3.63) is 104 Å². The van der Waals surface area contributed by atoms with Crippen molar-refractivity contribution in [2.75, 3.05) is 10.0 Å². The van der Waals surface area contributed by atoms with Crippen LogP contribution in [0, 0.1) is 6.92 Å². The van der Waals surface area contributed by atoms with Crippen LogP contribution in [-0.2, 0) is 10.0 Å². The average Bonchev–Trinajstić information content (AvgIpc) is 3.23. The fraction of sp³-hybridized carbons (Fsp3) is 0.120. The maximum atomic E-state index is 13.0. The fourth-order valence-electron chi connectivity index (χ4n) is 3.50. The van der Waals surface area contributed by atoms with Gasteiger partial charge in [0.25, 0.3) is 10.0 Å². The van der Waals surface area contributed by atoms with Crippen LogP contribution in [0.25, 0.3) is 0 Å².